The van der Waals surface area contributed by atoms with E-state index in [2.05, 4.69) is 9.97 Å². The summed E-state index contributed by atoms with van der Waals surface area (Å²) in [6, 6.07) is 6.43. The molecule has 1 N–H and O–H groups in total. The van der Waals surface area contributed by atoms with Crippen LogP contribution in [0.1, 0.15) is 5.69 Å². The first-order valence-electron chi connectivity index (χ1n) is 7.22. The summed E-state index contributed by atoms with van der Waals surface area (Å²) in [5, 5.41) is 21.5. The van der Waals surface area contributed by atoms with Crippen LogP contribution in [-0.2, 0) is 4.74 Å². The third kappa shape index (κ3) is 2.93. The first kappa shape index (κ1) is 15.2. The molecule has 1 fully saturated rings. The SMILES string of the molecule is Cc1nc(N2CCOCC2)nc(-c2ccccc2O)c1[N+](=O)[O-]. The smallest absolute Gasteiger partial charge is 0.316 e. The molecule has 120 valence electrons. The van der Waals surface area contributed by atoms with E-state index in [1.54, 1.807) is 25.1 Å². The number of rotatable bonds is 3. The lowest BCUT2D eigenvalue weighted by Crippen LogP contribution is -2.37. The zero-order valence-electron chi connectivity index (χ0n) is 12.6. The summed E-state index contributed by atoms with van der Waals surface area (Å²) in [5.41, 5.74) is 0.523. The average molecular weight is 316 g/mol. The Balaban J connectivity index is 2.16. The van der Waals surface area contributed by atoms with E-state index >= 15 is 0 Å². The molecule has 1 aliphatic heterocycles. The van der Waals surface area contributed by atoms with Gasteiger partial charge in [-0.3, -0.25) is 10.1 Å². The fourth-order valence-corrected chi connectivity index (χ4v) is 2.54. The minimum atomic E-state index is -0.514. The van der Waals surface area contributed by atoms with Crippen LogP contribution in [0.2, 0.25) is 0 Å². The van der Waals surface area contributed by atoms with Crippen molar-refractivity contribution in [1.82, 2.24) is 9.97 Å². The molecule has 2 heterocycles. The average Bonchev–Trinajstić information content (AvgIpc) is 2.55. The quantitative estimate of drug-likeness (QED) is 0.681. The zero-order chi connectivity index (χ0) is 16.4. The number of ether oxygens (including phenoxy) is 1. The van der Waals surface area contributed by atoms with Gasteiger partial charge in [0.15, 0.2) is 5.69 Å². The van der Waals surface area contributed by atoms with Crippen LogP contribution in [0, 0.1) is 17.0 Å². The third-order valence-corrected chi connectivity index (χ3v) is 3.68. The number of benzene rings is 1. The van der Waals surface area contributed by atoms with E-state index in [9.17, 15) is 15.2 Å². The van der Waals surface area contributed by atoms with E-state index in [1.807, 2.05) is 4.90 Å². The summed E-state index contributed by atoms with van der Waals surface area (Å²) < 4.78 is 5.30. The Morgan fingerprint density at radius 1 is 1.26 bits per heavy atom. The van der Waals surface area contributed by atoms with E-state index in [4.69, 9.17) is 4.74 Å². The van der Waals surface area contributed by atoms with Gasteiger partial charge in [0.05, 0.1) is 18.1 Å². The van der Waals surface area contributed by atoms with Gasteiger partial charge in [0, 0.05) is 18.7 Å². The Bertz CT molecular complexity index is 744. The minimum Gasteiger partial charge on any atom is -0.507 e. The summed E-state index contributed by atoms with van der Waals surface area (Å²) in [6.07, 6.45) is 0. The van der Waals surface area contributed by atoms with Crippen molar-refractivity contribution in [3.05, 3.63) is 40.1 Å². The lowest BCUT2D eigenvalue weighted by atomic mass is 10.1. The lowest BCUT2D eigenvalue weighted by Gasteiger charge is -2.27. The molecular formula is C15H16N4O4. The summed E-state index contributed by atoms with van der Waals surface area (Å²) in [7, 11) is 0. The molecule has 1 aliphatic rings. The molecule has 0 amide bonds. The molecule has 1 saturated heterocycles. The number of anilines is 1. The number of para-hydroxylation sites is 1. The van der Waals surface area contributed by atoms with Crippen molar-refractivity contribution in [2.24, 2.45) is 0 Å². The summed E-state index contributed by atoms with van der Waals surface area (Å²) in [4.78, 5) is 21.5. The Hall–Kier alpha value is -2.74. The maximum atomic E-state index is 11.4. The van der Waals surface area contributed by atoms with Crippen LogP contribution >= 0.6 is 0 Å². The number of aromatic nitrogens is 2. The van der Waals surface area contributed by atoms with E-state index in [0.29, 0.717) is 37.8 Å². The summed E-state index contributed by atoms with van der Waals surface area (Å²) in [5.74, 6) is 0.358. The van der Waals surface area contributed by atoms with Crippen LogP contribution in [0.4, 0.5) is 11.6 Å². The molecule has 0 bridgehead atoms. The molecule has 0 unspecified atom stereocenters. The van der Waals surface area contributed by atoms with Gasteiger partial charge < -0.3 is 14.7 Å². The van der Waals surface area contributed by atoms with Gasteiger partial charge in [-0.1, -0.05) is 12.1 Å². The molecule has 3 rings (SSSR count). The van der Waals surface area contributed by atoms with Crippen molar-refractivity contribution in [2.75, 3.05) is 31.2 Å². The second-order valence-electron chi connectivity index (χ2n) is 5.18. The van der Waals surface area contributed by atoms with Gasteiger partial charge in [-0.25, -0.2) is 9.97 Å². The van der Waals surface area contributed by atoms with Gasteiger partial charge in [0.1, 0.15) is 11.4 Å². The van der Waals surface area contributed by atoms with Gasteiger partial charge in [0.2, 0.25) is 5.95 Å². The van der Waals surface area contributed by atoms with Crippen molar-refractivity contribution in [3.8, 4) is 17.0 Å². The minimum absolute atomic E-state index is 0.0540. The van der Waals surface area contributed by atoms with Crippen LogP contribution in [-0.4, -0.2) is 46.3 Å². The zero-order valence-corrected chi connectivity index (χ0v) is 12.6. The van der Waals surface area contributed by atoms with E-state index in [-0.39, 0.29) is 22.8 Å². The predicted octanol–water partition coefficient (Wildman–Crippen LogP) is 1.90. The number of nitrogens with zero attached hydrogens (tertiary/aromatic N) is 4. The maximum Gasteiger partial charge on any atom is 0.316 e. The predicted molar refractivity (Wildman–Crippen MR) is 83.6 cm³/mol. The third-order valence-electron chi connectivity index (χ3n) is 3.68. The Morgan fingerprint density at radius 3 is 2.61 bits per heavy atom. The normalized spacial score (nSPS) is 14.7. The van der Waals surface area contributed by atoms with Gasteiger partial charge >= 0.3 is 5.69 Å². The molecule has 1 aromatic carbocycles. The van der Waals surface area contributed by atoms with Crippen LogP contribution < -0.4 is 4.90 Å². The van der Waals surface area contributed by atoms with Crippen LogP contribution in [0.3, 0.4) is 0 Å². The Kier molecular flexibility index (Phi) is 4.07. The number of aromatic hydroxyl groups is 1. The molecule has 0 radical (unpaired) electrons. The molecule has 0 spiro atoms. The molecule has 23 heavy (non-hydrogen) atoms. The van der Waals surface area contributed by atoms with Crippen molar-refractivity contribution in [2.45, 2.75) is 6.92 Å². The number of phenols is 1. The molecule has 8 heteroatoms. The van der Waals surface area contributed by atoms with E-state index in [0.717, 1.165) is 0 Å². The van der Waals surface area contributed by atoms with Crippen LogP contribution in [0.25, 0.3) is 11.3 Å². The largest absolute Gasteiger partial charge is 0.507 e. The number of aryl methyl sites for hydroxylation is 1. The lowest BCUT2D eigenvalue weighted by molar-refractivity contribution is -0.385. The number of morpholine rings is 1. The highest BCUT2D eigenvalue weighted by Crippen LogP contribution is 2.36. The monoisotopic (exact) mass is 316 g/mol. The molecule has 2 aromatic rings. The van der Waals surface area contributed by atoms with E-state index < -0.39 is 4.92 Å². The fourth-order valence-electron chi connectivity index (χ4n) is 2.54. The summed E-state index contributed by atoms with van der Waals surface area (Å²) in [6.45, 7) is 3.94. The molecular weight excluding hydrogens is 300 g/mol. The number of hydrogen-bond acceptors (Lipinski definition) is 7. The Morgan fingerprint density at radius 2 is 1.96 bits per heavy atom. The van der Waals surface area contributed by atoms with Gasteiger partial charge in [-0.05, 0) is 19.1 Å². The van der Waals surface area contributed by atoms with Crippen molar-refractivity contribution >= 4 is 11.6 Å². The van der Waals surface area contributed by atoms with Crippen molar-refractivity contribution in [1.29, 1.82) is 0 Å². The first-order chi connectivity index (χ1) is 11.1. The number of nitro groups is 1. The highest BCUT2D eigenvalue weighted by Gasteiger charge is 2.27. The molecule has 0 atom stereocenters. The molecule has 0 saturated carbocycles. The molecule has 1 aromatic heterocycles. The number of phenolic OH excluding ortho intramolecular Hbond substituents is 1. The van der Waals surface area contributed by atoms with Crippen molar-refractivity contribution < 1.29 is 14.8 Å². The highest BCUT2D eigenvalue weighted by atomic mass is 16.6. The second-order valence-corrected chi connectivity index (χ2v) is 5.18. The highest BCUT2D eigenvalue weighted by molar-refractivity contribution is 5.76. The van der Waals surface area contributed by atoms with Crippen LogP contribution in [0.5, 0.6) is 5.75 Å². The van der Waals surface area contributed by atoms with E-state index in [1.165, 1.54) is 6.07 Å². The Labute approximate surface area is 132 Å². The number of hydrogen-bond donors (Lipinski definition) is 1. The standard InChI is InChI=1S/C15H16N4O4/c1-10-14(19(21)22)13(11-4-2-3-5-12(11)20)17-15(16-10)18-6-8-23-9-7-18/h2-5,20H,6-9H2,1H3. The summed E-state index contributed by atoms with van der Waals surface area (Å²) >= 11 is 0. The molecule has 8 nitrogen and oxygen atoms in total. The molecule has 0 aliphatic carbocycles. The second kappa shape index (κ2) is 6.17. The maximum absolute atomic E-state index is 11.4. The first-order valence-corrected chi connectivity index (χ1v) is 7.22. The van der Waals surface area contributed by atoms with Crippen molar-refractivity contribution in [3.63, 3.8) is 0 Å². The van der Waals surface area contributed by atoms with Gasteiger partial charge in [0.25, 0.3) is 0 Å². The van der Waals surface area contributed by atoms with Crippen LogP contribution in [0.15, 0.2) is 24.3 Å². The topological polar surface area (TPSA) is 102 Å². The fraction of sp³-hybridized carbons (Fsp3) is 0.333. The van der Waals surface area contributed by atoms with Gasteiger partial charge in [-0.15, -0.1) is 0 Å². The van der Waals surface area contributed by atoms with Gasteiger partial charge in [-0.2, -0.15) is 0 Å².